The minimum Gasteiger partial charge on any atom is -0.369 e. The molecule has 0 aromatic heterocycles. The van der Waals surface area contributed by atoms with Gasteiger partial charge in [-0.3, -0.25) is 5.32 Å². The van der Waals surface area contributed by atoms with E-state index in [-0.39, 0.29) is 6.61 Å². The van der Waals surface area contributed by atoms with Crippen LogP contribution in [-0.4, -0.2) is 30.5 Å². The third-order valence-corrected chi connectivity index (χ3v) is 3.00. The molecule has 1 N–H and O–H groups in total. The molecule has 18 heavy (non-hydrogen) atoms. The summed E-state index contributed by atoms with van der Waals surface area (Å²) in [5.74, 6) is 0. The van der Waals surface area contributed by atoms with Crippen molar-refractivity contribution in [2.24, 2.45) is 0 Å². The second-order valence-electron chi connectivity index (χ2n) is 5.02. The summed E-state index contributed by atoms with van der Waals surface area (Å²) in [7, 11) is 0. The zero-order valence-corrected chi connectivity index (χ0v) is 10.7. The van der Waals surface area contributed by atoms with Crippen LogP contribution >= 0.6 is 0 Å². The average Bonchev–Trinajstić information content (AvgIpc) is 3.06. The molecule has 0 radical (unpaired) electrons. The largest absolute Gasteiger partial charge is 0.414 e. The number of hydrogen-bond donors (Lipinski definition) is 1. The molecule has 0 aromatic carbocycles. The zero-order valence-electron chi connectivity index (χ0n) is 10.7. The maximum Gasteiger partial charge on any atom is 0.414 e. The number of nitrogens with zero attached hydrogens (tertiary/aromatic N) is 1. The van der Waals surface area contributed by atoms with E-state index >= 15 is 0 Å². The fourth-order valence-electron chi connectivity index (χ4n) is 1.62. The van der Waals surface area contributed by atoms with E-state index in [0.29, 0.717) is 18.9 Å². The molecule has 6 heteroatoms. The van der Waals surface area contributed by atoms with Gasteiger partial charge in [0.05, 0.1) is 6.07 Å². The maximum atomic E-state index is 12.2. The van der Waals surface area contributed by atoms with Crippen LogP contribution in [0.15, 0.2) is 0 Å². The molecule has 0 saturated heterocycles. The van der Waals surface area contributed by atoms with Gasteiger partial charge >= 0.3 is 6.18 Å². The van der Waals surface area contributed by atoms with E-state index in [1.54, 1.807) is 6.92 Å². The second-order valence-corrected chi connectivity index (χ2v) is 5.02. The van der Waals surface area contributed by atoms with Crippen molar-refractivity contribution in [2.75, 3.05) is 6.61 Å². The summed E-state index contributed by atoms with van der Waals surface area (Å²) < 4.78 is 41.2. The van der Waals surface area contributed by atoms with Gasteiger partial charge < -0.3 is 4.74 Å². The van der Waals surface area contributed by atoms with Crippen molar-refractivity contribution in [3.05, 3.63) is 0 Å². The lowest BCUT2D eigenvalue weighted by Gasteiger charge is -2.23. The third kappa shape index (κ3) is 5.23. The minimum absolute atomic E-state index is 0.0181. The van der Waals surface area contributed by atoms with E-state index in [1.165, 1.54) is 0 Å². The number of alkyl halides is 3. The smallest absolute Gasteiger partial charge is 0.369 e. The second kappa shape index (κ2) is 5.89. The van der Waals surface area contributed by atoms with Gasteiger partial charge in [0.15, 0.2) is 6.10 Å². The molecule has 0 aromatic rings. The summed E-state index contributed by atoms with van der Waals surface area (Å²) >= 11 is 0. The van der Waals surface area contributed by atoms with Crippen LogP contribution < -0.4 is 5.32 Å². The lowest BCUT2D eigenvalue weighted by Crippen LogP contribution is -2.42. The number of hydrogen-bond acceptors (Lipinski definition) is 3. The Morgan fingerprint density at radius 3 is 2.50 bits per heavy atom. The molecule has 2 atom stereocenters. The Morgan fingerprint density at radius 1 is 1.44 bits per heavy atom. The van der Waals surface area contributed by atoms with Gasteiger partial charge in [-0.25, -0.2) is 0 Å². The highest BCUT2D eigenvalue weighted by molar-refractivity contribution is 5.06. The highest BCUT2D eigenvalue weighted by Gasteiger charge is 2.37. The monoisotopic (exact) mass is 264 g/mol. The Balaban J connectivity index is 2.21. The van der Waals surface area contributed by atoms with Gasteiger partial charge in [-0.1, -0.05) is 0 Å². The van der Waals surface area contributed by atoms with E-state index in [0.717, 1.165) is 19.8 Å². The molecular formula is C12H19F3N2O. The maximum absolute atomic E-state index is 12.2. The van der Waals surface area contributed by atoms with E-state index in [1.807, 2.05) is 0 Å². The number of nitrogens with one attached hydrogen (secondary N) is 1. The fraction of sp³-hybridized carbons (Fsp3) is 0.917. The number of nitriles is 1. The first-order valence-electron chi connectivity index (χ1n) is 6.14. The van der Waals surface area contributed by atoms with Crippen molar-refractivity contribution in [1.82, 2.24) is 5.32 Å². The van der Waals surface area contributed by atoms with E-state index in [9.17, 15) is 13.2 Å². The Bertz CT molecular complexity index is 309. The van der Waals surface area contributed by atoms with Crippen LogP contribution in [0.4, 0.5) is 13.2 Å². The van der Waals surface area contributed by atoms with Crippen LogP contribution in [0.2, 0.25) is 0 Å². The van der Waals surface area contributed by atoms with E-state index in [2.05, 4.69) is 11.4 Å². The van der Waals surface area contributed by atoms with E-state index < -0.39 is 17.8 Å². The highest BCUT2D eigenvalue weighted by atomic mass is 19.4. The van der Waals surface area contributed by atoms with Crippen molar-refractivity contribution in [2.45, 2.75) is 63.4 Å². The van der Waals surface area contributed by atoms with Crippen LogP contribution in [0.1, 0.15) is 39.5 Å². The predicted octanol–water partition coefficient (Wildman–Crippen LogP) is 2.77. The Hall–Kier alpha value is -0.800. The van der Waals surface area contributed by atoms with Crippen LogP contribution in [-0.2, 0) is 4.74 Å². The first kappa shape index (κ1) is 15.3. The van der Waals surface area contributed by atoms with Crippen LogP contribution in [0.25, 0.3) is 0 Å². The average molecular weight is 264 g/mol. The SMILES string of the molecule is CC(OCCCC(C)(C#N)NC1CC1)C(F)(F)F. The van der Waals surface area contributed by atoms with Gasteiger partial charge in [-0.2, -0.15) is 18.4 Å². The third-order valence-electron chi connectivity index (χ3n) is 3.00. The van der Waals surface area contributed by atoms with Gasteiger partial charge in [-0.15, -0.1) is 0 Å². The minimum atomic E-state index is -4.31. The molecule has 1 saturated carbocycles. The fourth-order valence-corrected chi connectivity index (χ4v) is 1.62. The van der Waals surface area contributed by atoms with Gasteiger partial charge in [0, 0.05) is 12.6 Å². The van der Waals surface area contributed by atoms with Crippen LogP contribution in [0.3, 0.4) is 0 Å². The zero-order chi connectivity index (χ0) is 13.8. The van der Waals surface area contributed by atoms with Gasteiger partial charge in [-0.05, 0) is 39.5 Å². The number of ether oxygens (including phenoxy) is 1. The Labute approximate surface area is 105 Å². The summed E-state index contributed by atoms with van der Waals surface area (Å²) in [5, 5.41) is 12.3. The molecular weight excluding hydrogens is 245 g/mol. The number of halogens is 3. The van der Waals surface area contributed by atoms with E-state index in [4.69, 9.17) is 10.00 Å². The first-order chi connectivity index (χ1) is 8.27. The lowest BCUT2D eigenvalue weighted by atomic mass is 9.98. The quantitative estimate of drug-likeness (QED) is 0.719. The molecule has 3 nitrogen and oxygen atoms in total. The lowest BCUT2D eigenvalue weighted by molar-refractivity contribution is -0.214. The Kier molecular flexibility index (Phi) is 5.00. The van der Waals surface area contributed by atoms with Gasteiger partial charge in [0.1, 0.15) is 5.54 Å². The molecule has 0 spiro atoms. The molecule has 1 fully saturated rings. The summed E-state index contributed by atoms with van der Waals surface area (Å²) in [6.07, 6.45) is -3.00. The molecule has 0 heterocycles. The normalized spacial score (nSPS) is 21.1. The van der Waals surface area contributed by atoms with Crippen molar-refractivity contribution >= 4 is 0 Å². The summed E-state index contributed by atoms with van der Waals surface area (Å²) in [4.78, 5) is 0. The van der Waals surface area contributed by atoms with Crippen molar-refractivity contribution < 1.29 is 17.9 Å². The topological polar surface area (TPSA) is 45.0 Å². The first-order valence-corrected chi connectivity index (χ1v) is 6.14. The molecule has 2 unspecified atom stereocenters. The summed E-state index contributed by atoms with van der Waals surface area (Å²) in [5.41, 5.74) is -0.661. The van der Waals surface area contributed by atoms with Crippen LogP contribution in [0.5, 0.6) is 0 Å². The molecule has 0 amide bonds. The molecule has 0 bridgehead atoms. The van der Waals surface area contributed by atoms with Crippen LogP contribution in [0, 0.1) is 11.3 Å². The summed E-state index contributed by atoms with van der Waals surface area (Å²) in [6.45, 7) is 2.79. The Morgan fingerprint density at radius 2 is 2.06 bits per heavy atom. The van der Waals surface area contributed by atoms with Crippen molar-refractivity contribution in [1.29, 1.82) is 5.26 Å². The standard InChI is InChI=1S/C12H19F3N2O/c1-9(12(13,14)15)18-7-3-6-11(2,8-16)17-10-4-5-10/h9-10,17H,3-7H2,1-2H3. The van der Waals surface area contributed by atoms with Crippen molar-refractivity contribution in [3.8, 4) is 6.07 Å². The molecule has 1 rings (SSSR count). The predicted molar refractivity (Wildman–Crippen MR) is 60.9 cm³/mol. The molecule has 1 aliphatic rings. The summed E-state index contributed by atoms with van der Waals surface area (Å²) in [6, 6.07) is 2.57. The molecule has 0 aliphatic heterocycles. The molecule has 104 valence electrons. The van der Waals surface area contributed by atoms with Gasteiger partial charge in [0.2, 0.25) is 0 Å². The van der Waals surface area contributed by atoms with Gasteiger partial charge in [0.25, 0.3) is 0 Å². The molecule has 1 aliphatic carbocycles. The highest BCUT2D eigenvalue weighted by Crippen LogP contribution is 2.25. The number of rotatable bonds is 7. The van der Waals surface area contributed by atoms with Crippen molar-refractivity contribution in [3.63, 3.8) is 0 Å².